The zero-order chi connectivity index (χ0) is 11.5. The fourth-order valence-electron chi connectivity index (χ4n) is 2.66. The highest BCUT2D eigenvalue weighted by molar-refractivity contribution is 5.61. The van der Waals surface area contributed by atoms with E-state index >= 15 is 0 Å². The van der Waals surface area contributed by atoms with E-state index in [0.29, 0.717) is 0 Å². The summed E-state index contributed by atoms with van der Waals surface area (Å²) < 4.78 is 0. The van der Waals surface area contributed by atoms with E-state index in [2.05, 4.69) is 43.1 Å². The Kier molecular flexibility index (Phi) is 3.49. The number of piperazine rings is 1. The summed E-state index contributed by atoms with van der Waals surface area (Å²) in [7, 11) is 0. The minimum Gasteiger partial charge on any atom is -0.369 e. The van der Waals surface area contributed by atoms with Crippen molar-refractivity contribution >= 4 is 5.69 Å². The molecule has 2 rings (SSSR count). The lowest BCUT2D eigenvalue weighted by atomic mass is 10.0. The summed E-state index contributed by atoms with van der Waals surface area (Å²) in [6.45, 7) is 11.2. The van der Waals surface area contributed by atoms with E-state index in [1.807, 2.05) is 0 Å². The number of nitrogens with zero attached hydrogens (tertiary/aromatic N) is 1. The third kappa shape index (κ3) is 2.22. The molecule has 2 heteroatoms. The molecule has 1 aliphatic heterocycles. The predicted molar refractivity (Wildman–Crippen MR) is 70.4 cm³/mol. The Morgan fingerprint density at radius 1 is 1.19 bits per heavy atom. The van der Waals surface area contributed by atoms with Gasteiger partial charge in [0.15, 0.2) is 0 Å². The highest BCUT2D eigenvalue weighted by atomic mass is 15.2. The summed E-state index contributed by atoms with van der Waals surface area (Å²) in [5.41, 5.74) is 5.79. The summed E-state index contributed by atoms with van der Waals surface area (Å²) in [5.74, 6) is 0. The van der Waals surface area contributed by atoms with Crippen LogP contribution in [0.4, 0.5) is 5.69 Å². The van der Waals surface area contributed by atoms with Gasteiger partial charge in [0.2, 0.25) is 0 Å². The molecule has 0 saturated carbocycles. The van der Waals surface area contributed by atoms with Crippen LogP contribution in [0.25, 0.3) is 0 Å². The molecule has 1 aromatic carbocycles. The average molecular weight is 218 g/mol. The molecular weight excluding hydrogens is 196 g/mol. The maximum absolute atomic E-state index is 3.41. The largest absolute Gasteiger partial charge is 0.369 e. The monoisotopic (exact) mass is 218 g/mol. The second-order valence-corrected chi connectivity index (χ2v) is 4.68. The maximum Gasteiger partial charge on any atom is 0.0429 e. The van der Waals surface area contributed by atoms with E-state index in [9.17, 15) is 0 Å². The lowest BCUT2D eigenvalue weighted by Crippen LogP contribution is -2.44. The second-order valence-electron chi connectivity index (χ2n) is 4.68. The van der Waals surface area contributed by atoms with Crippen molar-refractivity contribution in [2.24, 2.45) is 0 Å². The van der Waals surface area contributed by atoms with Crippen molar-refractivity contribution in [2.75, 3.05) is 31.1 Å². The molecule has 1 aliphatic rings. The fourth-order valence-corrected chi connectivity index (χ4v) is 2.66. The number of anilines is 1. The molecule has 0 bridgehead atoms. The van der Waals surface area contributed by atoms with E-state index in [1.165, 1.54) is 22.4 Å². The Bertz CT molecular complexity index is 365. The van der Waals surface area contributed by atoms with Crippen LogP contribution in [0.5, 0.6) is 0 Å². The topological polar surface area (TPSA) is 15.3 Å². The number of aryl methyl sites for hydroxylation is 3. The van der Waals surface area contributed by atoms with Gasteiger partial charge in [-0.3, -0.25) is 0 Å². The molecule has 0 spiro atoms. The molecule has 0 aliphatic carbocycles. The minimum absolute atomic E-state index is 1.11. The molecular formula is C14H22N2. The van der Waals surface area contributed by atoms with Crippen molar-refractivity contribution in [3.8, 4) is 0 Å². The first-order chi connectivity index (χ1) is 7.72. The van der Waals surface area contributed by atoms with E-state index < -0.39 is 0 Å². The zero-order valence-corrected chi connectivity index (χ0v) is 10.6. The molecule has 1 fully saturated rings. The molecule has 1 saturated heterocycles. The van der Waals surface area contributed by atoms with Gasteiger partial charge in [0.05, 0.1) is 0 Å². The molecule has 0 radical (unpaired) electrons. The standard InChI is InChI=1S/C14H22N2/c1-4-13-10-11(2)9-12(3)14(13)16-7-5-15-6-8-16/h9-10,15H,4-8H2,1-3H3. The first-order valence-corrected chi connectivity index (χ1v) is 6.28. The molecule has 1 aromatic rings. The molecule has 0 aromatic heterocycles. The number of hydrogen-bond donors (Lipinski definition) is 1. The van der Waals surface area contributed by atoms with Gasteiger partial charge in [-0.1, -0.05) is 24.6 Å². The summed E-state index contributed by atoms with van der Waals surface area (Å²) in [4.78, 5) is 2.53. The van der Waals surface area contributed by atoms with Crippen LogP contribution >= 0.6 is 0 Å². The third-order valence-electron chi connectivity index (χ3n) is 3.34. The van der Waals surface area contributed by atoms with Crippen molar-refractivity contribution < 1.29 is 0 Å². The highest BCUT2D eigenvalue weighted by Gasteiger charge is 2.15. The fraction of sp³-hybridized carbons (Fsp3) is 0.571. The normalized spacial score (nSPS) is 16.6. The Morgan fingerprint density at radius 3 is 2.50 bits per heavy atom. The average Bonchev–Trinajstić information content (AvgIpc) is 2.29. The van der Waals surface area contributed by atoms with Gasteiger partial charge in [-0.25, -0.2) is 0 Å². The van der Waals surface area contributed by atoms with E-state index in [0.717, 1.165) is 32.6 Å². The molecule has 0 unspecified atom stereocenters. The van der Waals surface area contributed by atoms with E-state index in [4.69, 9.17) is 0 Å². The molecule has 1 N–H and O–H groups in total. The van der Waals surface area contributed by atoms with Crippen LogP contribution in [-0.4, -0.2) is 26.2 Å². The zero-order valence-electron chi connectivity index (χ0n) is 10.6. The number of benzene rings is 1. The molecule has 0 amide bonds. The first-order valence-electron chi connectivity index (χ1n) is 6.28. The van der Waals surface area contributed by atoms with Crippen molar-refractivity contribution in [1.29, 1.82) is 0 Å². The van der Waals surface area contributed by atoms with Gasteiger partial charge in [-0.15, -0.1) is 0 Å². The van der Waals surface area contributed by atoms with Gasteiger partial charge in [0.25, 0.3) is 0 Å². The van der Waals surface area contributed by atoms with Crippen LogP contribution in [0.3, 0.4) is 0 Å². The molecule has 16 heavy (non-hydrogen) atoms. The summed E-state index contributed by atoms with van der Waals surface area (Å²) >= 11 is 0. The lowest BCUT2D eigenvalue weighted by molar-refractivity contribution is 0.587. The van der Waals surface area contributed by atoms with Crippen LogP contribution in [0, 0.1) is 13.8 Å². The van der Waals surface area contributed by atoms with Gasteiger partial charge in [0.1, 0.15) is 0 Å². The predicted octanol–water partition coefficient (Wildman–Crippen LogP) is 2.28. The van der Waals surface area contributed by atoms with Crippen molar-refractivity contribution in [3.05, 3.63) is 28.8 Å². The maximum atomic E-state index is 3.41. The number of rotatable bonds is 2. The van der Waals surface area contributed by atoms with Crippen molar-refractivity contribution in [1.82, 2.24) is 5.32 Å². The Morgan fingerprint density at radius 2 is 1.88 bits per heavy atom. The number of nitrogens with one attached hydrogen (secondary N) is 1. The van der Waals surface area contributed by atoms with Crippen molar-refractivity contribution in [2.45, 2.75) is 27.2 Å². The Labute approximate surface area is 98.7 Å². The summed E-state index contributed by atoms with van der Waals surface area (Å²) in [5, 5.41) is 3.41. The molecule has 0 atom stereocenters. The SMILES string of the molecule is CCc1cc(C)cc(C)c1N1CCNCC1. The van der Waals surface area contributed by atoms with Gasteiger partial charge in [-0.2, -0.15) is 0 Å². The third-order valence-corrected chi connectivity index (χ3v) is 3.34. The van der Waals surface area contributed by atoms with Crippen LogP contribution in [0.1, 0.15) is 23.6 Å². The molecule has 1 heterocycles. The first kappa shape index (κ1) is 11.5. The van der Waals surface area contributed by atoms with Crippen LogP contribution < -0.4 is 10.2 Å². The van der Waals surface area contributed by atoms with Crippen molar-refractivity contribution in [3.63, 3.8) is 0 Å². The highest BCUT2D eigenvalue weighted by Crippen LogP contribution is 2.27. The lowest BCUT2D eigenvalue weighted by Gasteiger charge is -2.32. The Hall–Kier alpha value is -1.02. The van der Waals surface area contributed by atoms with Gasteiger partial charge < -0.3 is 10.2 Å². The second kappa shape index (κ2) is 4.88. The Balaban J connectivity index is 2.37. The molecule has 2 nitrogen and oxygen atoms in total. The van der Waals surface area contributed by atoms with Crippen LogP contribution in [0.2, 0.25) is 0 Å². The minimum atomic E-state index is 1.11. The van der Waals surface area contributed by atoms with E-state index in [-0.39, 0.29) is 0 Å². The van der Waals surface area contributed by atoms with Crippen LogP contribution in [-0.2, 0) is 6.42 Å². The molecule has 88 valence electrons. The summed E-state index contributed by atoms with van der Waals surface area (Å²) in [6.07, 6.45) is 1.13. The quantitative estimate of drug-likeness (QED) is 0.819. The van der Waals surface area contributed by atoms with Gasteiger partial charge in [0, 0.05) is 31.9 Å². The smallest absolute Gasteiger partial charge is 0.0429 e. The van der Waals surface area contributed by atoms with Crippen LogP contribution in [0.15, 0.2) is 12.1 Å². The number of hydrogen-bond acceptors (Lipinski definition) is 2. The van der Waals surface area contributed by atoms with E-state index in [1.54, 1.807) is 0 Å². The van der Waals surface area contributed by atoms with Gasteiger partial charge in [-0.05, 0) is 31.4 Å². The summed E-state index contributed by atoms with van der Waals surface area (Å²) in [6, 6.07) is 4.64. The van der Waals surface area contributed by atoms with Gasteiger partial charge >= 0.3 is 0 Å².